The first-order valence-corrected chi connectivity index (χ1v) is 4.63. The second-order valence-electron chi connectivity index (χ2n) is 3.57. The van der Waals surface area contributed by atoms with Gasteiger partial charge in [-0.1, -0.05) is 12.2 Å². The van der Waals surface area contributed by atoms with Gasteiger partial charge in [0, 0.05) is 12.5 Å². The average molecular weight is 192 g/mol. The van der Waals surface area contributed by atoms with E-state index in [1.807, 2.05) is 38.6 Å². The minimum Gasteiger partial charge on any atom is -0.370 e. The van der Waals surface area contributed by atoms with Gasteiger partial charge in [-0.15, -0.1) is 0 Å². The van der Waals surface area contributed by atoms with Gasteiger partial charge in [0.1, 0.15) is 6.17 Å². The summed E-state index contributed by atoms with van der Waals surface area (Å²) in [7, 11) is 4.05. The summed E-state index contributed by atoms with van der Waals surface area (Å²) in [6.45, 7) is 0.907. The van der Waals surface area contributed by atoms with E-state index in [1.165, 1.54) is 0 Å². The van der Waals surface area contributed by atoms with Crippen molar-refractivity contribution in [3.8, 4) is 6.19 Å². The second kappa shape index (κ2) is 5.30. The number of nitrogens with one attached hydrogen (secondary N) is 2. The zero-order chi connectivity index (χ0) is 10.4. The number of rotatable bonds is 3. The lowest BCUT2D eigenvalue weighted by atomic mass is 10.1. The molecule has 0 saturated heterocycles. The molecule has 2 N–H and O–H groups in total. The van der Waals surface area contributed by atoms with Crippen molar-refractivity contribution in [2.24, 2.45) is 5.92 Å². The molecule has 0 aliphatic carbocycles. The topological polar surface area (TPSA) is 51.1 Å². The monoisotopic (exact) mass is 192 g/mol. The summed E-state index contributed by atoms with van der Waals surface area (Å²) in [4.78, 5) is 2.11. The molecule has 4 heteroatoms. The Hall–Kier alpha value is -1.47. The fourth-order valence-corrected chi connectivity index (χ4v) is 1.46. The number of nitriles is 1. The Morgan fingerprint density at radius 3 is 2.93 bits per heavy atom. The van der Waals surface area contributed by atoms with E-state index in [4.69, 9.17) is 5.26 Å². The zero-order valence-corrected chi connectivity index (χ0v) is 8.57. The van der Waals surface area contributed by atoms with Gasteiger partial charge in [-0.2, -0.15) is 5.26 Å². The molecule has 0 aromatic rings. The third-order valence-electron chi connectivity index (χ3n) is 2.07. The van der Waals surface area contributed by atoms with Crippen molar-refractivity contribution in [1.29, 1.82) is 5.26 Å². The summed E-state index contributed by atoms with van der Waals surface area (Å²) in [6, 6.07) is 0. The minimum atomic E-state index is -0.0163. The summed E-state index contributed by atoms with van der Waals surface area (Å²) in [5.74, 6) is 0.291. The zero-order valence-electron chi connectivity index (χ0n) is 8.57. The van der Waals surface area contributed by atoms with Gasteiger partial charge >= 0.3 is 0 Å². The highest BCUT2D eigenvalue weighted by atomic mass is 15.1. The minimum absolute atomic E-state index is 0.0163. The molecule has 4 nitrogen and oxygen atoms in total. The van der Waals surface area contributed by atoms with E-state index in [2.05, 4.69) is 21.6 Å². The van der Waals surface area contributed by atoms with E-state index in [1.54, 1.807) is 0 Å². The number of nitrogens with zero attached hydrogens (tertiary/aromatic N) is 2. The maximum absolute atomic E-state index is 8.60. The van der Waals surface area contributed by atoms with Crippen molar-refractivity contribution in [2.45, 2.75) is 6.17 Å². The van der Waals surface area contributed by atoms with Crippen LogP contribution in [0.3, 0.4) is 0 Å². The fourth-order valence-electron chi connectivity index (χ4n) is 1.46. The van der Waals surface area contributed by atoms with E-state index >= 15 is 0 Å². The van der Waals surface area contributed by atoms with Gasteiger partial charge in [0.25, 0.3) is 0 Å². The Morgan fingerprint density at radius 2 is 2.29 bits per heavy atom. The Bertz CT molecular complexity index is 262. The normalized spacial score (nSPS) is 25.3. The molecule has 2 unspecified atom stereocenters. The van der Waals surface area contributed by atoms with Crippen LogP contribution >= 0.6 is 0 Å². The van der Waals surface area contributed by atoms with Crippen molar-refractivity contribution in [3.63, 3.8) is 0 Å². The van der Waals surface area contributed by atoms with E-state index in [0.717, 1.165) is 6.54 Å². The molecular formula is C10H16N4. The molecule has 1 rings (SSSR count). The fraction of sp³-hybridized carbons (Fsp3) is 0.500. The predicted octanol–water partition coefficient (Wildman–Crippen LogP) is 0.234. The van der Waals surface area contributed by atoms with Crippen molar-refractivity contribution in [3.05, 3.63) is 24.4 Å². The summed E-state index contributed by atoms with van der Waals surface area (Å²) in [5, 5.41) is 14.5. The van der Waals surface area contributed by atoms with Crippen LogP contribution in [-0.4, -0.2) is 31.7 Å². The first kappa shape index (κ1) is 10.6. The first-order valence-electron chi connectivity index (χ1n) is 4.63. The highest BCUT2D eigenvalue weighted by Gasteiger charge is 2.18. The van der Waals surface area contributed by atoms with Crippen LogP contribution in [-0.2, 0) is 0 Å². The molecule has 0 saturated carbocycles. The third-order valence-corrected chi connectivity index (χ3v) is 2.07. The predicted molar refractivity (Wildman–Crippen MR) is 56.0 cm³/mol. The average Bonchev–Trinajstić information content (AvgIpc) is 2.32. The molecule has 2 atom stereocenters. The van der Waals surface area contributed by atoms with Gasteiger partial charge in [-0.05, 0) is 26.4 Å². The Labute approximate surface area is 84.9 Å². The molecule has 1 heterocycles. The first-order chi connectivity index (χ1) is 6.74. The van der Waals surface area contributed by atoms with Gasteiger partial charge in [0.2, 0.25) is 0 Å². The molecule has 0 bridgehead atoms. The quantitative estimate of drug-likeness (QED) is 0.496. The molecular weight excluding hydrogens is 176 g/mol. The van der Waals surface area contributed by atoms with Crippen LogP contribution in [0.25, 0.3) is 0 Å². The van der Waals surface area contributed by atoms with Gasteiger partial charge in [0.15, 0.2) is 6.19 Å². The van der Waals surface area contributed by atoms with Crippen LogP contribution in [0.4, 0.5) is 0 Å². The van der Waals surface area contributed by atoms with Crippen molar-refractivity contribution in [2.75, 3.05) is 20.6 Å². The molecule has 76 valence electrons. The maximum Gasteiger partial charge on any atom is 0.178 e. The standard InChI is InChI=1S/C10H16N4/c1-14(2)7-9-5-3-4-6-12-10(9)13-8-11/h3-6,9-10,12-13H,7H2,1-2H3. The maximum atomic E-state index is 8.60. The van der Waals surface area contributed by atoms with Crippen LogP contribution in [0.1, 0.15) is 0 Å². The van der Waals surface area contributed by atoms with Gasteiger partial charge in [-0.25, -0.2) is 0 Å². The van der Waals surface area contributed by atoms with Crippen LogP contribution < -0.4 is 10.6 Å². The summed E-state index contributed by atoms with van der Waals surface area (Å²) >= 11 is 0. The molecule has 0 aromatic carbocycles. The SMILES string of the molecule is CN(C)CC1C=CC=CNC1NC#N. The molecule has 0 amide bonds. The summed E-state index contributed by atoms with van der Waals surface area (Å²) in [5.41, 5.74) is 0. The van der Waals surface area contributed by atoms with Gasteiger partial charge in [0.05, 0.1) is 0 Å². The van der Waals surface area contributed by atoms with Crippen LogP contribution in [0, 0.1) is 17.4 Å². The number of allylic oxidation sites excluding steroid dienone is 2. The largest absolute Gasteiger partial charge is 0.370 e. The third kappa shape index (κ3) is 3.11. The second-order valence-corrected chi connectivity index (χ2v) is 3.57. The van der Waals surface area contributed by atoms with Crippen molar-refractivity contribution >= 4 is 0 Å². The highest BCUT2D eigenvalue weighted by molar-refractivity contribution is 5.10. The van der Waals surface area contributed by atoms with Crippen LogP contribution in [0.2, 0.25) is 0 Å². The molecule has 0 aromatic heterocycles. The molecule has 14 heavy (non-hydrogen) atoms. The van der Waals surface area contributed by atoms with Gasteiger partial charge < -0.3 is 15.5 Å². The van der Waals surface area contributed by atoms with E-state index in [-0.39, 0.29) is 6.17 Å². The van der Waals surface area contributed by atoms with Crippen LogP contribution in [0.5, 0.6) is 0 Å². The molecule has 1 aliphatic rings. The Balaban J connectivity index is 2.62. The van der Waals surface area contributed by atoms with Crippen molar-refractivity contribution in [1.82, 2.24) is 15.5 Å². The summed E-state index contributed by atoms with van der Waals surface area (Å²) < 4.78 is 0. The number of hydrogen-bond acceptors (Lipinski definition) is 4. The Kier molecular flexibility index (Phi) is 4.02. The Morgan fingerprint density at radius 1 is 1.50 bits per heavy atom. The molecule has 0 fully saturated rings. The number of hydrogen-bond donors (Lipinski definition) is 2. The van der Waals surface area contributed by atoms with E-state index in [0.29, 0.717) is 5.92 Å². The van der Waals surface area contributed by atoms with Crippen LogP contribution in [0.15, 0.2) is 24.4 Å². The molecule has 0 radical (unpaired) electrons. The van der Waals surface area contributed by atoms with Gasteiger partial charge in [-0.3, -0.25) is 0 Å². The lowest BCUT2D eigenvalue weighted by molar-refractivity contribution is 0.302. The molecule has 1 aliphatic heterocycles. The van der Waals surface area contributed by atoms with E-state index in [9.17, 15) is 0 Å². The molecule has 0 spiro atoms. The van der Waals surface area contributed by atoms with Crippen molar-refractivity contribution < 1.29 is 0 Å². The lowest BCUT2D eigenvalue weighted by Gasteiger charge is -2.25. The highest BCUT2D eigenvalue weighted by Crippen LogP contribution is 2.08. The smallest absolute Gasteiger partial charge is 0.178 e. The van der Waals surface area contributed by atoms with E-state index < -0.39 is 0 Å². The summed E-state index contributed by atoms with van der Waals surface area (Å²) in [6.07, 6.45) is 9.84. The lowest BCUT2D eigenvalue weighted by Crippen LogP contribution is -2.45.